The highest BCUT2D eigenvalue weighted by atomic mass is 127. The van der Waals surface area contributed by atoms with E-state index in [9.17, 15) is 9.59 Å². The average Bonchev–Trinajstić information content (AvgIpc) is 2.81. The number of amides is 1. The molecule has 0 atom stereocenters. The molecule has 0 bridgehead atoms. The Hall–Kier alpha value is -0.330. The molecule has 0 aliphatic heterocycles. The molecule has 5 heteroatoms. The van der Waals surface area contributed by atoms with Crippen LogP contribution in [0.1, 0.15) is 12.8 Å². The highest BCUT2D eigenvalue weighted by Gasteiger charge is 2.54. The predicted molar refractivity (Wildman–Crippen MR) is 51.2 cm³/mol. The van der Waals surface area contributed by atoms with Gasteiger partial charge >= 0.3 is 6.09 Å². The molecule has 0 aromatic heterocycles. The summed E-state index contributed by atoms with van der Waals surface area (Å²) in [6.45, 7) is 0. The quantitative estimate of drug-likeness (QED) is 0.564. The molecule has 0 N–H and O–H groups in total. The number of methoxy groups -OCH3 is 1. The maximum Gasteiger partial charge on any atom is 0.410 e. The zero-order valence-corrected chi connectivity index (χ0v) is 9.12. The molecule has 0 spiro atoms. The Kier molecular flexibility index (Phi) is 2.60. The lowest BCUT2D eigenvalue weighted by Crippen LogP contribution is -2.42. The maximum atomic E-state index is 11.1. The third kappa shape index (κ3) is 1.41. The van der Waals surface area contributed by atoms with Crippen LogP contribution in [0.25, 0.3) is 0 Å². The molecular weight excluding hydrogens is 273 g/mol. The SMILES string of the molecule is COC(=O)N(C)C1(C(=O)I)CC1. The minimum absolute atomic E-state index is 0.00741. The van der Waals surface area contributed by atoms with Crippen molar-refractivity contribution >= 4 is 32.5 Å². The van der Waals surface area contributed by atoms with E-state index in [0.717, 1.165) is 12.8 Å². The summed E-state index contributed by atoms with van der Waals surface area (Å²) in [6.07, 6.45) is 1.05. The summed E-state index contributed by atoms with van der Waals surface area (Å²) in [6, 6.07) is 0. The van der Waals surface area contributed by atoms with E-state index in [1.54, 1.807) is 29.6 Å². The third-order valence-corrected chi connectivity index (χ3v) is 3.18. The van der Waals surface area contributed by atoms with Crippen LogP contribution in [0.4, 0.5) is 4.79 Å². The summed E-state index contributed by atoms with van der Waals surface area (Å²) in [4.78, 5) is 23.6. The monoisotopic (exact) mass is 283 g/mol. The summed E-state index contributed by atoms with van der Waals surface area (Å²) in [5, 5.41) is 0. The van der Waals surface area contributed by atoms with Gasteiger partial charge in [-0.05, 0) is 12.8 Å². The number of carbonyl (C=O) groups excluding carboxylic acids is 2. The smallest absolute Gasteiger partial charge is 0.410 e. The van der Waals surface area contributed by atoms with Crippen LogP contribution < -0.4 is 0 Å². The van der Waals surface area contributed by atoms with Gasteiger partial charge in [-0.3, -0.25) is 9.69 Å². The van der Waals surface area contributed by atoms with Crippen molar-refractivity contribution in [2.24, 2.45) is 0 Å². The number of rotatable bonds is 2. The molecule has 12 heavy (non-hydrogen) atoms. The molecule has 1 fully saturated rings. The van der Waals surface area contributed by atoms with Crippen LogP contribution >= 0.6 is 22.6 Å². The first-order chi connectivity index (χ1) is 5.54. The van der Waals surface area contributed by atoms with E-state index in [0.29, 0.717) is 0 Å². The van der Waals surface area contributed by atoms with Crippen LogP contribution in [0, 0.1) is 0 Å². The predicted octanol–water partition coefficient (Wildman–Crippen LogP) is 1.18. The molecule has 68 valence electrons. The molecule has 1 amide bonds. The van der Waals surface area contributed by atoms with Crippen LogP contribution in [0.15, 0.2) is 0 Å². The molecule has 1 saturated carbocycles. The lowest BCUT2D eigenvalue weighted by atomic mass is 10.3. The van der Waals surface area contributed by atoms with Crippen LogP contribution in [0.3, 0.4) is 0 Å². The van der Waals surface area contributed by atoms with Crippen molar-refractivity contribution in [3.8, 4) is 0 Å². The fourth-order valence-corrected chi connectivity index (χ4v) is 2.00. The van der Waals surface area contributed by atoms with Crippen molar-refractivity contribution < 1.29 is 14.3 Å². The Bertz CT molecular complexity index is 225. The van der Waals surface area contributed by atoms with E-state index < -0.39 is 11.6 Å². The Labute approximate surface area is 84.4 Å². The van der Waals surface area contributed by atoms with Gasteiger partial charge in [0, 0.05) is 29.6 Å². The van der Waals surface area contributed by atoms with E-state index >= 15 is 0 Å². The molecule has 1 aliphatic rings. The van der Waals surface area contributed by atoms with E-state index in [2.05, 4.69) is 4.74 Å². The fourth-order valence-electron chi connectivity index (χ4n) is 1.09. The Morgan fingerprint density at radius 3 is 2.25 bits per heavy atom. The zero-order valence-electron chi connectivity index (χ0n) is 6.96. The van der Waals surface area contributed by atoms with Crippen molar-refractivity contribution in [1.29, 1.82) is 0 Å². The molecule has 0 radical (unpaired) electrons. The van der Waals surface area contributed by atoms with Crippen LogP contribution in [-0.2, 0) is 9.53 Å². The second kappa shape index (κ2) is 3.20. The normalized spacial score (nSPS) is 18.2. The molecule has 0 aromatic rings. The molecule has 0 aromatic carbocycles. The van der Waals surface area contributed by atoms with Gasteiger partial charge in [0.05, 0.1) is 7.11 Å². The molecule has 0 unspecified atom stereocenters. The van der Waals surface area contributed by atoms with Crippen LogP contribution in [0.5, 0.6) is 0 Å². The van der Waals surface area contributed by atoms with Crippen LogP contribution in [0.2, 0.25) is 0 Å². The van der Waals surface area contributed by atoms with Crippen molar-refractivity contribution in [2.45, 2.75) is 18.4 Å². The van der Waals surface area contributed by atoms with Gasteiger partial charge in [-0.25, -0.2) is 4.79 Å². The number of halogens is 1. The summed E-state index contributed by atoms with van der Waals surface area (Å²) < 4.78 is 4.53. The highest BCUT2D eigenvalue weighted by molar-refractivity contribution is 14.1. The largest absolute Gasteiger partial charge is 0.453 e. The van der Waals surface area contributed by atoms with Gasteiger partial charge in [-0.2, -0.15) is 0 Å². The Morgan fingerprint density at radius 2 is 2.00 bits per heavy atom. The second-order valence-corrected chi connectivity index (χ2v) is 3.81. The van der Waals surface area contributed by atoms with Gasteiger partial charge in [0.2, 0.25) is 3.79 Å². The standard InChI is InChI=1S/C7H10INO3/c1-9(6(11)12-2)7(3-4-7)5(8)10/h3-4H2,1-2H3. The Balaban J connectivity index is 2.69. The second-order valence-electron chi connectivity index (χ2n) is 2.83. The number of hydrogen-bond acceptors (Lipinski definition) is 3. The lowest BCUT2D eigenvalue weighted by Gasteiger charge is -2.23. The number of carbonyl (C=O) groups is 2. The van der Waals surface area contributed by atoms with Gasteiger partial charge in [0.1, 0.15) is 5.54 Å². The zero-order chi connectivity index (χ0) is 9.35. The van der Waals surface area contributed by atoms with Crippen LogP contribution in [-0.4, -0.2) is 34.5 Å². The lowest BCUT2D eigenvalue weighted by molar-refractivity contribution is -0.114. The highest BCUT2D eigenvalue weighted by Crippen LogP contribution is 2.43. The van der Waals surface area contributed by atoms with Gasteiger partial charge in [0.15, 0.2) is 0 Å². The molecular formula is C7H10INO3. The number of ether oxygens (including phenoxy) is 1. The number of nitrogens with zero attached hydrogens (tertiary/aromatic N) is 1. The summed E-state index contributed by atoms with van der Waals surface area (Å²) >= 11 is 1.72. The first-order valence-electron chi connectivity index (χ1n) is 3.56. The summed E-state index contributed by atoms with van der Waals surface area (Å²) in [5.41, 5.74) is -0.562. The molecule has 1 aliphatic carbocycles. The maximum absolute atomic E-state index is 11.1. The van der Waals surface area contributed by atoms with Crippen molar-refractivity contribution in [1.82, 2.24) is 4.90 Å². The topological polar surface area (TPSA) is 46.6 Å². The van der Waals surface area contributed by atoms with Crippen molar-refractivity contribution in [3.63, 3.8) is 0 Å². The Morgan fingerprint density at radius 1 is 1.50 bits per heavy atom. The van der Waals surface area contributed by atoms with E-state index in [4.69, 9.17) is 0 Å². The van der Waals surface area contributed by atoms with E-state index in [1.165, 1.54) is 12.0 Å². The molecule has 0 heterocycles. The average molecular weight is 283 g/mol. The minimum atomic E-state index is -0.562. The first-order valence-corrected chi connectivity index (χ1v) is 4.64. The molecule has 0 saturated heterocycles. The first kappa shape index (κ1) is 9.76. The van der Waals surface area contributed by atoms with Crippen molar-refractivity contribution in [2.75, 3.05) is 14.2 Å². The number of hydrogen-bond donors (Lipinski definition) is 0. The summed E-state index contributed by atoms with van der Waals surface area (Å²) in [7, 11) is 2.90. The molecule has 1 rings (SSSR count). The molecule has 4 nitrogen and oxygen atoms in total. The van der Waals surface area contributed by atoms with Gasteiger partial charge in [-0.1, -0.05) is 0 Å². The van der Waals surface area contributed by atoms with Crippen molar-refractivity contribution in [3.05, 3.63) is 0 Å². The third-order valence-electron chi connectivity index (χ3n) is 2.18. The van der Waals surface area contributed by atoms with Gasteiger partial charge in [-0.15, -0.1) is 0 Å². The van der Waals surface area contributed by atoms with Gasteiger partial charge in [0.25, 0.3) is 0 Å². The van der Waals surface area contributed by atoms with Gasteiger partial charge < -0.3 is 4.74 Å². The van der Waals surface area contributed by atoms with E-state index in [1.807, 2.05) is 0 Å². The van der Waals surface area contributed by atoms with E-state index in [-0.39, 0.29) is 3.79 Å². The fraction of sp³-hybridized carbons (Fsp3) is 0.714. The minimum Gasteiger partial charge on any atom is -0.453 e. The summed E-state index contributed by atoms with van der Waals surface area (Å²) in [5.74, 6) is 0. The number of likely N-dealkylation sites (N-methyl/N-ethyl adjacent to an activating group) is 1.